The molecule has 0 bridgehead atoms. The number of aryl methyl sites for hydroxylation is 1. The minimum Gasteiger partial charge on any atom is -0.381 e. The summed E-state index contributed by atoms with van der Waals surface area (Å²) in [6.45, 7) is 2.88. The molecule has 0 unspecified atom stereocenters. The van der Waals surface area contributed by atoms with Crippen molar-refractivity contribution in [3.63, 3.8) is 0 Å². The highest BCUT2D eigenvalue weighted by molar-refractivity contribution is 5.39. The molecule has 1 saturated carbocycles. The normalized spacial score (nSPS) is 15.1. The zero-order valence-electron chi connectivity index (χ0n) is 9.93. The fourth-order valence-electron chi connectivity index (χ4n) is 2.18. The van der Waals surface area contributed by atoms with E-state index in [0.717, 1.165) is 12.2 Å². The van der Waals surface area contributed by atoms with E-state index >= 15 is 0 Å². The van der Waals surface area contributed by atoms with E-state index in [0.29, 0.717) is 11.7 Å². The lowest BCUT2D eigenvalue weighted by Gasteiger charge is -2.08. The molecule has 1 heterocycles. The van der Waals surface area contributed by atoms with Crippen LogP contribution in [0.4, 0.5) is 5.82 Å². The van der Waals surface area contributed by atoms with Crippen LogP contribution in [0.1, 0.15) is 35.6 Å². The monoisotopic (exact) mass is 228 g/mol. The topological polar surface area (TPSA) is 56.7 Å². The molecule has 0 amide bonds. The second kappa shape index (κ2) is 3.87. The molecular weight excluding hydrogens is 212 g/mol. The standard InChI is InChI=1S/C13H16N4/c1-9-4-2-3-5-11(9)8-17-12(10-6-7-10)13(14)15-16-17/h2-5,10H,6-8,14H2,1H3. The van der Waals surface area contributed by atoms with Crippen LogP contribution >= 0.6 is 0 Å². The van der Waals surface area contributed by atoms with E-state index in [4.69, 9.17) is 5.73 Å². The second-order valence-electron chi connectivity index (χ2n) is 4.72. The van der Waals surface area contributed by atoms with Gasteiger partial charge in [-0.3, -0.25) is 0 Å². The second-order valence-corrected chi connectivity index (χ2v) is 4.72. The molecule has 88 valence electrons. The van der Waals surface area contributed by atoms with Crippen LogP contribution in [0.25, 0.3) is 0 Å². The number of rotatable bonds is 3. The van der Waals surface area contributed by atoms with Crippen LogP contribution < -0.4 is 5.73 Å². The molecule has 1 aromatic heterocycles. The molecule has 3 rings (SSSR count). The summed E-state index contributed by atoms with van der Waals surface area (Å²) in [5.41, 5.74) is 9.56. The van der Waals surface area contributed by atoms with Gasteiger partial charge in [-0.05, 0) is 30.9 Å². The van der Waals surface area contributed by atoms with Crippen molar-refractivity contribution in [2.24, 2.45) is 0 Å². The summed E-state index contributed by atoms with van der Waals surface area (Å²) in [6, 6.07) is 8.35. The lowest BCUT2D eigenvalue weighted by atomic mass is 10.1. The van der Waals surface area contributed by atoms with Gasteiger partial charge in [0, 0.05) is 5.92 Å². The Kier molecular flexibility index (Phi) is 2.35. The number of aromatic nitrogens is 3. The first-order chi connectivity index (χ1) is 8.25. The van der Waals surface area contributed by atoms with Gasteiger partial charge in [-0.1, -0.05) is 29.5 Å². The van der Waals surface area contributed by atoms with E-state index in [1.807, 2.05) is 4.68 Å². The fourth-order valence-corrected chi connectivity index (χ4v) is 2.18. The first-order valence-electron chi connectivity index (χ1n) is 5.99. The van der Waals surface area contributed by atoms with Crippen molar-refractivity contribution >= 4 is 5.82 Å². The highest BCUT2D eigenvalue weighted by Crippen LogP contribution is 2.42. The fraction of sp³-hybridized carbons (Fsp3) is 0.385. The Balaban J connectivity index is 1.93. The zero-order valence-corrected chi connectivity index (χ0v) is 9.93. The van der Waals surface area contributed by atoms with Crippen LogP contribution in [0, 0.1) is 6.92 Å². The molecular formula is C13H16N4. The summed E-state index contributed by atoms with van der Waals surface area (Å²) < 4.78 is 1.95. The molecule has 0 spiro atoms. The van der Waals surface area contributed by atoms with Crippen LogP contribution in [0.15, 0.2) is 24.3 Å². The molecule has 0 atom stereocenters. The third-order valence-corrected chi connectivity index (χ3v) is 3.35. The van der Waals surface area contributed by atoms with E-state index in [-0.39, 0.29) is 0 Å². The van der Waals surface area contributed by atoms with Crippen LogP contribution in [-0.4, -0.2) is 15.0 Å². The highest BCUT2D eigenvalue weighted by atomic mass is 15.4. The van der Waals surface area contributed by atoms with E-state index in [1.54, 1.807) is 0 Å². The Morgan fingerprint density at radius 1 is 1.35 bits per heavy atom. The zero-order chi connectivity index (χ0) is 11.8. The predicted molar refractivity (Wildman–Crippen MR) is 66.7 cm³/mol. The third-order valence-electron chi connectivity index (χ3n) is 3.35. The maximum atomic E-state index is 5.88. The number of anilines is 1. The summed E-state index contributed by atoms with van der Waals surface area (Å²) in [5, 5.41) is 8.15. The van der Waals surface area contributed by atoms with Gasteiger partial charge in [-0.15, -0.1) is 5.10 Å². The molecule has 4 heteroatoms. The Morgan fingerprint density at radius 2 is 2.12 bits per heavy atom. The maximum absolute atomic E-state index is 5.88. The van der Waals surface area contributed by atoms with Crippen LogP contribution in [0.3, 0.4) is 0 Å². The molecule has 4 nitrogen and oxygen atoms in total. The van der Waals surface area contributed by atoms with Crippen molar-refractivity contribution in [2.75, 3.05) is 5.73 Å². The van der Waals surface area contributed by atoms with Gasteiger partial charge >= 0.3 is 0 Å². The quantitative estimate of drug-likeness (QED) is 0.875. The highest BCUT2D eigenvalue weighted by Gasteiger charge is 2.30. The van der Waals surface area contributed by atoms with Gasteiger partial charge in [0.05, 0.1) is 12.2 Å². The van der Waals surface area contributed by atoms with Crippen molar-refractivity contribution < 1.29 is 0 Å². The molecule has 1 fully saturated rings. The van der Waals surface area contributed by atoms with Crippen LogP contribution in [0.2, 0.25) is 0 Å². The summed E-state index contributed by atoms with van der Waals surface area (Å²) in [5.74, 6) is 1.18. The number of hydrogen-bond acceptors (Lipinski definition) is 3. The summed E-state index contributed by atoms with van der Waals surface area (Å²) in [4.78, 5) is 0. The molecule has 1 aromatic carbocycles. The first-order valence-corrected chi connectivity index (χ1v) is 5.99. The van der Waals surface area contributed by atoms with Gasteiger partial charge in [-0.2, -0.15) is 0 Å². The van der Waals surface area contributed by atoms with Gasteiger partial charge in [0.1, 0.15) is 0 Å². The average Bonchev–Trinajstić information content (AvgIpc) is 3.08. The van der Waals surface area contributed by atoms with E-state index < -0.39 is 0 Å². The number of benzene rings is 1. The van der Waals surface area contributed by atoms with E-state index in [2.05, 4.69) is 41.5 Å². The van der Waals surface area contributed by atoms with Crippen molar-refractivity contribution in [1.29, 1.82) is 0 Å². The third kappa shape index (κ3) is 1.90. The lowest BCUT2D eigenvalue weighted by molar-refractivity contribution is 0.618. The smallest absolute Gasteiger partial charge is 0.169 e. The Bertz CT molecular complexity index is 540. The summed E-state index contributed by atoms with van der Waals surface area (Å²) >= 11 is 0. The minimum atomic E-state index is 0.578. The summed E-state index contributed by atoms with van der Waals surface area (Å²) in [6.07, 6.45) is 2.43. The SMILES string of the molecule is Cc1ccccc1Cn1nnc(N)c1C1CC1. The molecule has 1 aliphatic rings. The number of hydrogen-bond donors (Lipinski definition) is 1. The van der Waals surface area contributed by atoms with E-state index in [1.165, 1.54) is 24.0 Å². The number of nitrogen functional groups attached to an aromatic ring is 1. The molecule has 0 aliphatic heterocycles. The first kappa shape index (κ1) is 10.3. The molecule has 2 aromatic rings. The molecule has 2 N–H and O–H groups in total. The Labute approximate surface area is 100 Å². The molecule has 0 radical (unpaired) electrons. The minimum absolute atomic E-state index is 0.578. The molecule has 0 saturated heterocycles. The van der Waals surface area contributed by atoms with Crippen molar-refractivity contribution in [3.8, 4) is 0 Å². The number of nitrogens with zero attached hydrogens (tertiary/aromatic N) is 3. The van der Waals surface area contributed by atoms with Crippen molar-refractivity contribution in [3.05, 3.63) is 41.1 Å². The van der Waals surface area contributed by atoms with Gasteiger partial charge in [0.2, 0.25) is 0 Å². The van der Waals surface area contributed by atoms with Crippen molar-refractivity contribution in [1.82, 2.24) is 15.0 Å². The van der Waals surface area contributed by atoms with Gasteiger partial charge in [0.25, 0.3) is 0 Å². The molecule has 17 heavy (non-hydrogen) atoms. The van der Waals surface area contributed by atoms with Gasteiger partial charge in [-0.25, -0.2) is 4.68 Å². The predicted octanol–water partition coefficient (Wildman–Crippen LogP) is 2.09. The van der Waals surface area contributed by atoms with Gasteiger partial charge < -0.3 is 5.73 Å². The van der Waals surface area contributed by atoms with Crippen LogP contribution in [-0.2, 0) is 6.54 Å². The van der Waals surface area contributed by atoms with E-state index in [9.17, 15) is 0 Å². The number of nitrogens with two attached hydrogens (primary N) is 1. The van der Waals surface area contributed by atoms with Crippen LogP contribution in [0.5, 0.6) is 0 Å². The lowest BCUT2D eigenvalue weighted by Crippen LogP contribution is -2.07. The molecule has 1 aliphatic carbocycles. The van der Waals surface area contributed by atoms with Crippen molar-refractivity contribution in [2.45, 2.75) is 32.2 Å². The average molecular weight is 228 g/mol. The summed E-state index contributed by atoms with van der Waals surface area (Å²) in [7, 11) is 0. The maximum Gasteiger partial charge on any atom is 0.169 e. The Morgan fingerprint density at radius 3 is 2.82 bits per heavy atom. The van der Waals surface area contributed by atoms with Gasteiger partial charge in [0.15, 0.2) is 5.82 Å². The largest absolute Gasteiger partial charge is 0.381 e. The Hall–Kier alpha value is -1.84.